The quantitative estimate of drug-likeness (QED) is 0.632. The van der Waals surface area contributed by atoms with Gasteiger partial charge in [0.05, 0.1) is 4.91 Å². The molecule has 1 aromatic rings. The smallest absolute Gasteiger partial charge is 0.326 e. The molecule has 1 fully saturated rings. The maximum Gasteiger partial charge on any atom is 0.326 e. The Kier molecular flexibility index (Phi) is 5.42. The lowest BCUT2D eigenvalue weighted by atomic mass is 10.1. The van der Waals surface area contributed by atoms with E-state index in [2.05, 4.69) is 0 Å². The third kappa shape index (κ3) is 3.59. The van der Waals surface area contributed by atoms with Crippen LogP contribution in [0.15, 0.2) is 21.5 Å². The highest BCUT2D eigenvalue weighted by molar-refractivity contribution is 8.26. The van der Waals surface area contributed by atoms with Crippen molar-refractivity contribution in [2.24, 2.45) is 0 Å². The lowest BCUT2D eigenvalue weighted by Gasteiger charge is -2.22. The van der Waals surface area contributed by atoms with Crippen LogP contribution in [0.3, 0.4) is 0 Å². The first-order chi connectivity index (χ1) is 10.4. The summed E-state index contributed by atoms with van der Waals surface area (Å²) in [5, 5.41) is 9.37. The number of nitrogens with zero attached hydrogens (tertiary/aromatic N) is 1. The first-order valence-electron chi connectivity index (χ1n) is 7.00. The number of carboxylic acids is 1. The number of unbranched alkanes of at least 4 members (excludes halogenated alkanes) is 1. The topological polar surface area (TPSA) is 70.8 Å². The molecule has 5 nitrogen and oxygen atoms in total. The van der Waals surface area contributed by atoms with Gasteiger partial charge in [-0.3, -0.25) is 9.69 Å². The Hall–Kier alpha value is -1.60. The molecular weight excluding hydrogens is 322 g/mol. The van der Waals surface area contributed by atoms with Crippen LogP contribution in [-0.2, 0) is 9.59 Å². The SMILES string of the molecule is CCCC[C@@H](C(=O)O)N1C(=O)C(=Cc2ccc(C)o2)SC1=S. The van der Waals surface area contributed by atoms with E-state index < -0.39 is 12.0 Å². The number of aliphatic carboxylic acids is 1. The van der Waals surface area contributed by atoms with E-state index in [1.54, 1.807) is 18.2 Å². The Labute approximate surface area is 138 Å². The fraction of sp³-hybridized carbons (Fsp3) is 0.400. The number of carbonyl (C=O) groups is 2. The summed E-state index contributed by atoms with van der Waals surface area (Å²) in [6, 6.07) is 2.65. The molecule has 7 heteroatoms. The largest absolute Gasteiger partial charge is 0.480 e. The highest BCUT2D eigenvalue weighted by atomic mass is 32.2. The van der Waals surface area contributed by atoms with Crippen LogP contribution in [-0.4, -0.2) is 32.2 Å². The van der Waals surface area contributed by atoms with Crippen molar-refractivity contribution in [1.29, 1.82) is 0 Å². The van der Waals surface area contributed by atoms with E-state index >= 15 is 0 Å². The number of furan rings is 1. The van der Waals surface area contributed by atoms with Crippen molar-refractivity contribution in [1.82, 2.24) is 4.90 Å². The second-order valence-corrected chi connectivity index (χ2v) is 6.67. The summed E-state index contributed by atoms with van der Waals surface area (Å²) in [7, 11) is 0. The minimum absolute atomic E-state index is 0.281. The number of thiocarbonyl (C=S) groups is 1. The van der Waals surface area contributed by atoms with E-state index in [0.717, 1.165) is 30.4 Å². The van der Waals surface area contributed by atoms with Gasteiger partial charge in [-0.2, -0.15) is 0 Å². The van der Waals surface area contributed by atoms with E-state index in [0.29, 0.717) is 17.1 Å². The zero-order chi connectivity index (χ0) is 16.3. The lowest BCUT2D eigenvalue weighted by Crippen LogP contribution is -2.43. The number of carboxylic acid groups (broad SMARTS) is 1. The molecule has 0 aromatic carbocycles. The number of hydrogen-bond donors (Lipinski definition) is 1. The van der Waals surface area contributed by atoms with Gasteiger partial charge in [-0.1, -0.05) is 43.7 Å². The second-order valence-electron chi connectivity index (χ2n) is 5.00. The van der Waals surface area contributed by atoms with Gasteiger partial charge in [0, 0.05) is 6.08 Å². The van der Waals surface area contributed by atoms with Crippen LogP contribution in [0.5, 0.6) is 0 Å². The van der Waals surface area contributed by atoms with Gasteiger partial charge in [0.15, 0.2) is 0 Å². The summed E-state index contributed by atoms with van der Waals surface area (Å²) in [4.78, 5) is 25.5. The van der Waals surface area contributed by atoms with E-state index in [-0.39, 0.29) is 10.2 Å². The molecule has 0 unspecified atom stereocenters. The zero-order valence-corrected chi connectivity index (χ0v) is 14.0. The minimum atomic E-state index is -1.03. The first kappa shape index (κ1) is 16.8. The molecule has 1 atom stereocenters. The average molecular weight is 339 g/mol. The summed E-state index contributed by atoms with van der Waals surface area (Å²) >= 11 is 6.31. The van der Waals surface area contributed by atoms with Crippen LogP contribution in [0.1, 0.15) is 37.7 Å². The molecule has 0 aliphatic carbocycles. The lowest BCUT2D eigenvalue weighted by molar-refractivity contribution is -0.145. The van der Waals surface area contributed by atoms with E-state index in [9.17, 15) is 14.7 Å². The first-order valence-corrected chi connectivity index (χ1v) is 8.22. The predicted molar refractivity (Wildman–Crippen MR) is 89.4 cm³/mol. The number of carbonyl (C=O) groups excluding carboxylic acids is 1. The van der Waals surface area contributed by atoms with Gasteiger partial charge in [0.1, 0.15) is 21.9 Å². The molecule has 0 bridgehead atoms. The Morgan fingerprint density at radius 1 is 1.55 bits per heavy atom. The fourth-order valence-electron chi connectivity index (χ4n) is 2.17. The molecule has 1 N–H and O–H groups in total. The average Bonchev–Trinajstić information content (AvgIpc) is 2.97. The molecule has 1 aromatic heterocycles. The monoisotopic (exact) mass is 339 g/mol. The second kappa shape index (κ2) is 7.11. The molecule has 0 saturated carbocycles. The van der Waals surface area contributed by atoms with Crippen LogP contribution in [0.25, 0.3) is 6.08 Å². The molecular formula is C15H17NO4S2. The van der Waals surface area contributed by atoms with Crippen molar-refractivity contribution < 1.29 is 19.1 Å². The summed E-state index contributed by atoms with van der Waals surface area (Å²) in [5.74, 6) is -0.0982. The maximum absolute atomic E-state index is 12.5. The van der Waals surface area contributed by atoms with Gasteiger partial charge in [0.25, 0.3) is 5.91 Å². The normalized spacial score (nSPS) is 18.3. The van der Waals surface area contributed by atoms with Crippen molar-refractivity contribution in [2.75, 3.05) is 0 Å². The molecule has 1 saturated heterocycles. The zero-order valence-electron chi connectivity index (χ0n) is 12.4. The van der Waals surface area contributed by atoms with Crippen molar-refractivity contribution in [3.63, 3.8) is 0 Å². The Balaban J connectivity index is 2.23. The predicted octanol–water partition coefficient (Wildman–Crippen LogP) is 3.43. The van der Waals surface area contributed by atoms with E-state index in [1.807, 2.05) is 13.8 Å². The van der Waals surface area contributed by atoms with E-state index in [1.165, 1.54) is 4.90 Å². The summed E-state index contributed by atoms with van der Waals surface area (Å²) < 4.78 is 5.70. The number of aryl methyl sites for hydroxylation is 1. The Morgan fingerprint density at radius 2 is 2.27 bits per heavy atom. The van der Waals surface area contributed by atoms with Crippen molar-refractivity contribution in [2.45, 2.75) is 39.2 Å². The molecule has 1 amide bonds. The summed E-state index contributed by atoms with van der Waals surface area (Å²) in [6.45, 7) is 3.79. The number of hydrogen-bond acceptors (Lipinski definition) is 5. The van der Waals surface area contributed by atoms with Crippen LogP contribution >= 0.6 is 24.0 Å². The molecule has 0 spiro atoms. The van der Waals surface area contributed by atoms with Gasteiger partial charge < -0.3 is 9.52 Å². The van der Waals surface area contributed by atoms with E-state index in [4.69, 9.17) is 16.6 Å². The van der Waals surface area contributed by atoms with Crippen LogP contribution < -0.4 is 0 Å². The third-order valence-electron chi connectivity index (χ3n) is 3.29. The van der Waals surface area contributed by atoms with Gasteiger partial charge in [-0.15, -0.1) is 0 Å². The molecule has 1 aliphatic rings. The van der Waals surface area contributed by atoms with Gasteiger partial charge in [0.2, 0.25) is 0 Å². The van der Waals surface area contributed by atoms with Crippen LogP contribution in [0.2, 0.25) is 0 Å². The molecule has 2 rings (SSSR count). The molecule has 0 radical (unpaired) electrons. The van der Waals surface area contributed by atoms with Gasteiger partial charge in [-0.25, -0.2) is 4.79 Å². The van der Waals surface area contributed by atoms with Gasteiger partial charge in [-0.05, 0) is 25.5 Å². The highest BCUT2D eigenvalue weighted by Gasteiger charge is 2.40. The fourth-order valence-corrected chi connectivity index (χ4v) is 3.51. The van der Waals surface area contributed by atoms with Crippen molar-refractivity contribution >= 4 is 46.3 Å². The third-order valence-corrected chi connectivity index (χ3v) is 4.62. The minimum Gasteiger partial charge on any atom is -0.480 e. The van der Waals surface area contributed by atoms with Crippen LogP contribution in [0, 0.1) is 6.92 Å². The van der Waals surface area contributed by atoms with Crippen molar-refractivity contribution in [3.8, 4) is 0 Å². The number of rotatable bonds is 6. The molecule has 118 valence electrons. The Bertz CT molecular complexity index is 635. The summed E-state index contributed by atoms with van der Waals surface area (Å²) in [6.07, 6.45) is 3.58. The van der Waals surface area contributed by atoms with Gasteiger partial charge >= 0.3 is 5.97 Å². The maximum atomic E-state index is 12.5. The summed E-state index contributed by atoms with van der Waals surface area (Å²) in [5.41, 5.74) is 0. The standard InChI is InChI=1S/C15H17NO4S2/c1-3-4-5-11(14(18)19)16-13(17)12(22-15(16)21)8-10-7-6-9(2)20-10/h6-8,11H,3-5H2,1-2H3,(H,18,19)/t11-/m0/s1. The number of thioether (sulfide) groups is 1. The highest BCUT2D eigenvalue weighted by Crippen LogP contribution is 2.35. The van der Waals surface area contributed by atoms with Crippen molar-refractivity contribution in [3.05, 3.63) is 28.6 Å². The molecule has 1 aliphatic heterocycles. The molecule has 22 heavy (non-hydrogen) atoms. The number of amides is 1. The Morgan fingerprint density at radius 3 is 2.82 bits per heavy atom. The molecule has 2 heterocycles. The van der Waals surface area contributed by atoms with Crippen LogP contribution in [0.4, 0.5) is 0 Å².